The minimum atomic E-state index is -3.60. The van der Waals surface area contributed by atoms with Gasteiger partial charge in [0.2, 0.25) is 5.91 Å². The Labute approximate surface area is 181 Å². The molecule has 1 amide bonds. The van der Waals surface area contributed by atoms with Crippen LogP contribution in [0.1, 0.15) is 16.7 Å². The minimum absolute atomic E-state index is 0.0173. The number of aryl methyl sites for hydroxylation is 2. The van der Waals surface area contributed by atoms with Gasteiger partial charge in [-0.1, -0.05) is 54.1 Å². The fourth-order valence-corrected chi connectivity index (χ4v) is 5.10. The summed E-state index contributed by atoms with van der Waals surface area (Å²) in [6, 6.07) is 18.3. The molecule has 0 bridgehead atoms. The molecule has 31 heavy (non-hydrogen) atoms. The molecular formula is C24H23N3O3S. The number of nitrogens with zero attached hydrogens (tertiary/aromatic N) is 2. The number of nitrogens with one attached hydrogen (secondary N) is 1. The monoisotopic (exact) mass is 433 g/mol. The molecule has 0 unspecified atom stereocenters. The van der Waals surface area contributed by atoms with Gasteiger partial charge in [-0.2, -0.15) is 0 Å². The lowest BCUT2D eigenvalue weighted by Crippen LogP contribution is -2.19. The molecule has 2 aromatic carbocycles. The number of benzene rings is 2. The van der Waals surface area contributed by atoms with Gasteiger partial charge in [-0.05, 0) is 37.1 Å². The van der Waals surface area contributed by atoms with Gasteiger partial charge >= 0.3 is 0 Å². The highest BCUT2D eigenvalue weighted by molar-refractivity contribution is 7.90. The number of rotatable bonds is 6. The maximum Gasteiger partial charge on any atom is 0.245 e. The number of carbonyl (C=O) groups excluding carboxylic acids is 1. The zero-order chi connectivity index (χ0) is 22.0. The molecule has 2 aromatic heterocycles. The van der Waals surface area contributed by atoms with Crippen molar-refractivity contribution in [1.82, 2.24) is 9.55 Å². The van der Waals surface area contributed by atoms with Crippen molar-refractivity contribution in [3.8, 4) is 0 Å². The largest absolute Gasteiger partial charge is 0.337 e. The summed E-state index contributed by atoms with van der Waals surface area (Å²) in [7, 11) is -3.60. The molecule has 0 spiro atoms. The average molecular weight is 434 g/mol. The van der Waals surface area contributed by atoms with Crippen LogP contribution in [-0.2, 0) is 26.9 Å². The third kappa shape index (κ3) is 4.51. The molecule has 7 heteroatoms. The molecule has 4 aromatic rings. The number of sulfone groups is 1. The number of aromatic nitrogens is 2. The number of amides is 1. The van der Waals surface area contributed by atoms with Crippen molar-refractivity contribution in [1.29, 1.82) is 0 Å². The molecule has 0 radical (unpaired) electrons. The highest BCUT2D eigenvalue weighted by Gasteiger charge is 2.22. The Kier molecular flexibility index (Phi) is 5.61. The van der Waals surface area contributed by atoms with Gasteiger partial charge in [0.1, 0.15) is 12.4 Å². The average Bonchev–Trinajstić information content (AvgIpc) is 3.11. The van der Waals surface area contributed by atoms with Crippen LogP contribution < -0.4 is 5.32 Å². The lowest BCUT2D eigenvalue weighted by atomic mass is 10.2. The summed E-state index contributed by atoms with van der Waals surface area (Å²) < 4.78 is 28.1. The number of hydrogen-bond donors (Lipinski definition) is 1. The first-order valence-corrected chi connectivity index (χ1v) is 11.6. The van der Waals surface area contributed by atoms with Crippen molar-refractivity contribution >= 4 is 32.5 Å². The van der Waals surface area contributed by atoms with Crippen molar-refractivity contribution in [3.05, 3.63) is 89.7 Å². The Morgan fingerprint density at radius 1 is 1.00 bits per heavy atom. The molecule has 0 fully saturated rings. The molecule has 2 heterocycles. The summed E-state index contributed by atoms with van der Waals surface area (Å²) in [5.74, 6) is 0.127. The van der Waals surface area contributed by atoms with Crippen LogP contribution in [0.4, 0.5) is 5.82 Å². The van der Waals surface area contributed by atoms with Crippen molar-refractivity contribution in [2.45, 2.75) is 31.0 Å². The van der Waals surface area contributed by atoms with Crippen LogP contribution in [0.5, 0.6) is 0 Å². The van der Waals surface area contributed by atoms with E-state index in [2.05, 4.69) is 10.3 Å². The maximum absolute atomic E-state index is 13.2. The summed E-state index contributed by atoms with van der Waals surface area (Å²) in [5.41, 5.74) is 3.35. The molecule has 0 aliphatic rings. The van der Waals surface area contributed by atoms with Gasteiger partial charge in [0.05, 0.1) is 10.6 Å². The Balaban J connectivity index is 1.65. The first kappa shape index (κ1) is 20.8. The van der Waals surface area contributed by atoms with E-state index in [-0.39, 0.29) is 23.1 Å². The number of fused-ring (bicyclic) bond motifs is 1. The number of carbonyl (C=O) groups is 1. The Morgan fingerprint density at radius 2 is 1.74 bits per heavy atom. The minimum Gasteiger partial charge on any atom is -0.337 e. The Hall–Kier alpha value is -3.45. The van der Waals surface area contributed by atoms with Gasteiger partial charge < -0.3 is 9.88 Å². The second-order valence-electron chi connectivity index (χ2n) is 7.60. The smallest absolute Gasteiger partial charge is 0.245 e. The third-order valence-corrected chi connectivity index (χ3v) is 6.85. The van der Waals surface area contributed by atoms with Gasteiger partial charge in [-0.25, -0.2) is 13.4 Å². The molecular weight excluding hydrogens is 410 g/mol. The fraction of sp³-hybridized carbons (Fsp3) is 0.167. The predicted octanol–water partition coefficient (Wildman–Crippen LogP) is 4.27. The lowest BCUT2D eigenvalue weighted by molar-refractivity contribution is -0.116. The van der Waals surface area contributed by atoms with Crippen molar-refractivity contribution < 1.29 is 13.2 Å². The quantitative estimate of drug-likeness (QED) is 0.492. The van der Waals surface area contributed by atoms with E-state index in [1.54, 1.807) is 35.2 Å². The van der Waals surface area contributed by atoms with E-state index in [0.717, 1.165) is 16.7 Å². The van der Waals surface area contributed by atoms with Crippen molar-refractivity contribution in [2.24, 2.45) is 0 Å². The number of pyridine rings is 1. The SMILES string of the molecule is Cc1ccc(CS(=O)(=O)c2cn(CC(=O)Nc3ncccc3C)c3ccccc23)cc1. The van der Waals surface area contributed by atoms with Crippen LogP contribution in [0.3, 0.4) is 0 Å². The molecule has 1 N–H and O–H groups in total. The molecule has 0 aliphatic heterocycles. The zero-order valence-corrected chi connectivity index (χ0v) is 18.2. The summed E-state index contributed by atoms with van der Waals surface area (Å²) in [5, 5.41) is 3.40. The van der Waals surface area contributed by atoms with Gasteiger partial charge in [0.25, 0.3) is 0 Å². The van der Waals surface area contributed by atoms with Crippen LogP contribution in [0.2, 0.25) is 0 Å². The van der Waals surface area contributed by atoms with Gasteiger partial charge in [-0.15, -0.1) is 0 Å². The van der Waals surface area contributed by atoms with Crippen LogP contribution >= 0.6 is 0 Å². The van der Waals surface area contributed by atoms with E-state index in [1.165, 1.54) is 0 Å². The first-order chi connectivity index (χ1) is 14.8. The van der Waals surface area contributed by atoms with Crippen molar-refractivity contribution in [2.75, 3.05) is 5.32 Å². The maximum atomic E-state index is 13.2. The van der Waals surface area contributed by atoms with Crippen LogP contribution in [0.25, 0.3) is 10.9 Å². The number of anilines is 1. The van der Waals surface area contributed by atoms with E-state index in [0.29, 0.717) is 16.7 Å². The molecule has 158 valence electrons. The second-order valence-corrected chi connectivity index (χ2v) is 9.56. The Morgan fingerprint density at radius 3 is 2.48 bits per heavy atom. The summed E-state index contributed by atoms with van der Waals surface area (Å²) in [4.78, 5) is 17.0. The van der Waals surface area contributed by atoms with E-state index in [1.807, 2.05) is 56.3 Å². The molecule has 6 nitrogen and oxygen atoms in total. The second kappa shape index (κ2) is 8.35. The van der Waals surface area contributed by atoms with E-state index < -0.39 is 9.84 Å². The normalized spacial score (nSPS) is 11.5. The van der Waals surface area contributed by atoms with Crippen LogP contribution in [-0.4, -0.2) is 23.9 Å². The molecule has 0 aliphatic carbocycles. The van der Waals surface area contributed by atoms with Gasteiger partial charge in [0, 0.05) is 23.3 Å². The summed E-state index contributed by atoms with van der Waals surface area (Å²) >= 11 is 0. The van der Waals surface area contributed by atoms with Gasteiger partial charge in [-0.3, -0.25) is 4.79 Å². The zero-order valence-electron chi connectivity index (χ0n) is 17.4. The predicted molar refractivity (Wildman–Crippen MR) is 122 cm³/mol. The summed E-state index contributed by atoms with van der Waals surface area (Å²) in [6.45, 7) is 3.81. The highest BCUT2D eigenvalue weighted by atomic mass is 32.2. The first-order valence-electron chi connectivity index (χ1n) is 9.91. The Bertz CT molecular complexity index is 1360. The van der Waals surface area contributed by atoms with E-state index >= 15 is 0 Å². The highest BCUT2D eigenvalue weighted by Crippen LogP contribution is 2.28. The topological polar surface area (TPSA) is 81.1 Å². The molecule has 0 atom stereocenters. The van der Waals surface area contributed by atoms with Crippen molar-refractivity contribution in [3.63, 3.8) is 0 Å². The molecule has 4 rings (SSSR count). The summed E-state index contributed by atoms with van der Waals surface area (Å²) in [6.07, 6.45) is 3.17. The van der Waals surface area contributed by atoms with Crippen LogP contribution in [0, 0.1) is 13.8 Å². The van der Waals surface area contributed by atoms with E-state index in [9.17, 15) is 13.2 Å². The van der Waals surface area contributed by atoms with Gasteiger partial charge in [0.15, 0.2) is 9.84 Å². The standard InChI is InChI=1S/C24H23N3O3S/c1-17-9-11-19(12-10-17)16-31(29,30)22-14-27(21-8-4-3-7-20(21)22)15-23(28)26-24-18(2)6-5-13-25-24/h3-14H,15-16H2,1-2H3,(H,25,26,28). The van der Waals surface area contributed by atoms with Crippen LogP contribution in [0.15, 0.2) is 78.0 Å². The number of hydrogen-bond acceptors (Lipinski definition) is 4. The third-order valence-electron chi connectivity index (χ3n) is 5.15. The number of para-hydroxylation sites is 1. The molecule has 0 saturated heterocycles. The fourth-order valence-electron chi connectivity index (χ4n) is 3.52. The van der Waals surface area contributed by atoms with E-state index in [4.69, 9.17) is 0 Å². The molecule has 0 saturated carbocycles. The lowest BCUT2D eigenvalue weighted by Gasteiger charge is -2.08.